The molecule has 0 atom stereocenters. The first-order chi connectivity index (χ1) is 12.2. The van der Waals surface area contributed by atoms with Gasteiger partial charge in [0.15, 0.2) is 5.96 Å². The third-order valence-electron chi connectivity index (χ3n) is 4.21. The molecule has 4 nitrogen and oxygen atoms in total. The third kappa shape index (κ3) is 5.17. The van der Waals surface area contributed by atoms with Crippen LogP contribution in [0.5, 0.6) is 0 Å². The van der Waals surface area contributed by atoms with Gasteiger partial charge in [0.05, 0.1) is 17.2 Å². The van der Waals surface area contributed by atoms with Crippen LogP contribution in [0.1, 0.15) is 21.1 Å². The summed E-state index contributed by atoms with van der Waals surface area (Å²) in [7, 11) is 1.80. The first kappa shape index (κ1) is 20.6. The zero-order valence-corrected chi connectivity index (χ0v) is 18.5. The molecule has 0 aliphatic heterocycles. The topological polar surface area (TPSA) is 49.3 Å². The van der Waals surface area contributed by atoms with Crippen LogP contribution in [0, 0.1) is 13.8 Å². The normalized spacial score (nSPS) is 11.3. The van der Waals surface area contributed by atoms with Gasteiger partial charge in [0.2, 0.25) is 0 Å². The lowest BCUT2D eigenvalue weighted by Crippen LogP contribution is -2.37. The molecule has 0 saturated carbocycles. The highest BCUT2D eigenvalue weighted by Crippen LogP contribution is 2.18. The summed E-state index contributed by atoms with van der Waals surface area (Å²) in [5, 5.41) is 10.5. The van der Waals surface area contributed by atoms with Crippen LogP contribution in [0.2, 0.25) is 0 Å². The number of aryl methyl sites for hydroxylation is 2. The Morgan fingerprint density at radius 2 is 1.85 bits per heavy atom. The summed E-state index contributed by atoms with van der Waals surface area (Å²) in [5.41, 5.74) is 2.45. The van der Waals surface area contributed by atoms with Crippen molar-refractivity contribution in [3.8, 4) is 0 Å². The molecule has 1 aromatic heterocycles. The molecule has 1 heterocycles. The van der Waals surface area contributed by atoms with Crippen LogP contribution < -0.4 is 10.6 Å². The van der Waals surface area contributed by atoms with Crippen LogP contribution in [0.25, 0.3) is 10.8 Å². The van der Waals surface area contributed by atoms with Gasteiger partial charge >= 0.3 is 0 Å². The lowest BCUT2D eigenvalue weighted by atomic mass is 10.0. The summed E-state index contributed by atoms with van der Waals surface area (Å²) in [6.07, 6.45) is 0.959. The predicted molar refractivity (Wildman–Crippen MR) is 123 cm³/mol. The van der Waals surface area contributed by atoms with E-state index in [2.05, 4.69) is 70.0 Å². The number of fused-ring (bicyclic) bond motifs is 1. The van der Waals surface area contributed by atoms with Crippen LogP contribution in [0.3, 0.4) is 0 Å². The molecule has 138 valence electrons. The Bertz CT molecular complexity index is 883. The molecule has 0 aliphatic rings. The molecule has 0 unspecified atom stereocenters. The van der Waals surface area contributed by atoms with E-state index in [1.54, 1.807) is 18.4 Å². The fraction of sp³-hybridized carbons (Fsp3) is 0.300. The molecule has 2 N–H and O–H groups in total. The lowest BCUT2D eigenvalue weighted by Gasteiger charge is -2.12. The van der Waals surface area contributed by atoms with Crippen LogP contribution >= 0.6 is 35.3 Å². The number of rotatable bonds is 5. The average Bonchev–Trinajstić information content (AvgIpc) is 2.95. The SMILES string of the molecule is CN=C(NCCc1cccc2ccccc12)NCc1sc(C)nc1C.I. The van der Waals surface area contributed by atoms with Crippen LogP contribution in [-0.2, 0) is 13.0 Å². The summed E-state index contributed by atoms with van der Waals surface area (Å²) in [5.74, 6) is 0.825. The number of nitrogens with one attached hydrogen (secondary N) is 2. The van der Waals surface area contributed by atoms with E-state index in [1.165, 1.54) is 21.2 Å². The molecule has 6 heteroatoms. The van der Waals surface area contributed by atoms with Crippen molar-refractivity contribution < 1.29 is 0 Å². The summed E-state index contributed by atoms with van der Waals surface area (Å²) in [4.78, 5) is 10.0. The van der Waals surface area contributed by atoms with Gasteiger partial charge in [-0.25, -0.2) is 4.98 Å². The Kier molecular flexibility index (Phi) is 7.84. The van der Waals surface area contributed by atoms with Crippen LogP contribution in [-0.4, -0.2) is 24.5 Å². The van der Waals surface area contributed by atoms with E-state index in [0.717, 1.165) is 36.2 Å². The van der Waals surface area contributed by atoms with Gasteiger partial charge in [-0.2, -0.15) is 0 Å². The Morgan fingerprint density at radius 1 is 1.08 bits per heavy atom. The summed E-state index contributed by atoms with van der Waals surface area (Å²) < 4.78 is 0. The number of thiazole rings is 1. The standard InChI is InChI=1S/C20H24N4S.HI/c1-14-19(25-15(2)24-14)13-23-20(21-3)22-12-11-17-9-6-8-16-7-4-5-10-18(16)17;/h4-10H,11-13H2,1-3H3,(H2,21,22,23);1H. The van der Waals surface area contributed by atoms with Crippen molar-refractivity contribution in [1.82, 2.24) is 15.6 Å². The number of aliphatic imine (C=N–C) groups is 1. The minimum atomic E-state index is 0. The number of aromatic nitrogens is 1. The van der Waals surface area contributed by atoms with Gasteiger partial charge in [-0.3, -0.25) is 4.99 Å². The fourth-order valence-electron chi connectivity index (χ4n) is 2.95. The first-order valence-corrected chi connectivity index (χ1v) is 9.33. The highest BCUT2D eigenvalue weighted by molar-refractivity contribution is 14.0. The highest BCUT2D eigenvalue weighted by Gasteiger charge is 2.06. The second-order valence-electron chi connectivity index (χ2n) is 5.98. The molecule has 26 heavy (non-hydrogen) atoms. The molecule has 0 spiro atoms. The molecule has 0 bridgehead atoms. The van der Waals surface area contributed by atoms with E-state index in [0.29, 0.717) is 0 Å². The van der Waals surface area contributed by atoms with E-state index in [9.17, 15) is 0 Å². The maximum absolute atomic E-state index is 4.46. The molecule has 3 rings (SSSR count). The molecule has 0 aliphatic carbocycles. The minimum absolute atomic E-state index is 0. The lowest BCUT2D eigenvalue weighted by molar-refractivity contribution is 0.798. The Morgan fingerprint density at radius 3 is 2.58 bits per heavy atom. The smallest absolute Gasteiger partial charge is 0.191 e. The molecule has 0 radical (unpaired) electrons. The number of benzene rings is 2. The molecule has 2 aromatic carbocycles. The Balaban J connectivity index is 0.00000243. The van der Waals surface area contributed by atoms with E-state index >= 15 is 0 Å². The van der Waals surface area contributed by atoms with Crippen molar-refractivity contribution in [3.63, 3.8) is 0 Å². The van der Waals surface area contributed by atoms with Crippen molar-refractivity contribution in [2.24, 2.45) is 4.99 Å². The van der Waals surface area contributed by atoms with Gasteiger partial charge in [0.25, 0.3) is 0 Å². The summed E-state index contributed by atoms with van der Waals surface area (Å²) >= 11 is 1.73. The van der Waals surface area contributed by atoms with Crippen molar-refractivity contribution in [2.75, 3.05) is 13.6 Å². The maximum Gasteiger partial charge on any atom is 0.191 e. The number of nitrogens with zero attached hydrogens (tertiary/aromatic N) is 2. The molecule has 0 fully saturated rings. The third-order valence-corrected chi connectivity index (χ3v) is 5.28. The first-order valence-electron chi connectivity index (χ1n) is 8.51. The van der Waals surface area contributed by atoms with Crippen LogP contribution in [0.4, 0.5) is 0 Å². The van der Waals surface area contributed by atoms with Crippen LogP contribution in [0.15, 0.2) is 47.5 Å². The zero-order chi connectivity index (χ0) is 17.6. The van der Waals surface area contributed by atoms with Gasteiger partial charge < -0.3 is 10.6 Å². The highest BCUT2D eigenvalue weighted by atomic mass is 127. The molecule has 0 saturated heterocycles. The van der Waals surface area contributed by atoms with E-state index in [-0.39, 0.29) is 24.0 Å². The quantitative estimate of drug-likeness (QED) is 0.323. The summed E-state index contributed by atoms with van der Waals surface area (Å²) in [6, 6.07) is 15.0. The van der Waals surface area contributed by atoms with Crippen molar-refractivity contribution in [3.05, 3.63) is 63.6 Å². The monoisotopic (exact) mass is 480 g/mol. The van der Waals surface area contributed by atoms with Gasteiger partial charge in [0.1, 0.15) is 0 Å². The largest absolute Gasteiger partial charge is 0.356 e. The molecular weight excluding hydrogens is 455 g/mol. The van der Waals surface area contributed by atoms with Crippen molar-refractivity contribution in [1.29, 1.82) is 0 Å². The van der Waals surface area contributed by atoms with Crippen molar-refractivity contribution >= 4 is 52.0 Å². The number of hydrogen-bond acceptors (Lipinski definition) is 3. The predicted octanol–water partition coefficient (Wildman–Crippen LogP) is 4.44. The number of halogens is 1. The molecular formula is C20H25IN4S. The second kappa shape index (κ2) is 9.87. The fourth-order valence-corrected chi connectivity index (χ4v) is 3.83. The number of hydrogen-bond donors (Lipinski definition) is 2. The van der Waals surface area contributed by atoms with E-state index in [4.69, 9.17) is 0 Å². The molecule has 3 aromatic rings. The van der Waals surface area contributed by atoms with Gasteiger partial charge in [-0.05, 0) is 36.6 Å². The number of guanidine groups is 1. The summed E-state index contributed by atoms with van der Waals surface area (Å²) in [6.45, 7) is 5.69. The average molecular weight is 480 g/mol. The minimum Gasteiger partial charge on any atom is -0.356 e. The Hall–Kier alpha value is -1.67. The zero-order valence-electron chi connectivity index (χ0n) is 15.4. The van der Waals surface area contributed by atoms with Gasteiger partial charge in [-0.15, -0.1) is 35.3 Å². The molecule has 0 amide bonds. The second-order valence-corrected chi connectivity index (χ2v) is 7.27. The van der Waals surface area contributed by atoms with Gasteiger partial charge in [0, 0.05) is 18.5 Å². The van der Waals surface area contributed by atoms with E-state index in [1.807, 2.05) is 6.92 Å². The van der Waals surface area contributed by atoms with Crippen molar-refractivity contribution in [2.45, 2.75) is 26.8 Å². The Labute approximate surface area is 176 Å². The maximum atomic E-state index is 4.46. The van der Waals surface area contributed by atoms with Gasteiger partial charge in [-0.1, -0.05) is 42.5 Å². The van der Waals surface area contributed by atoms with E-state index < -0.39 is 0 Å².